The molecule has 0 saturated heterocycles. The molecule has 1 aromatic carbocycles. The molecule has 1 atom stereocenters. The molecule has 1 aromatic heterocycles. The number of carbonyl (C=O) groups is 2. The van der Waals surface area contributed by atoms with Crippen LogP contribution in [0.15, 0.2) is 34.9 Å². The first-order valence-electron chi connectivity index (χ1n) is 7.27. The maximum absolute atomic E-state index is 12.3. The Morgan fingerprint density at radius 1 is 1.35 bits per heavy atom. The third-order valence-corrected chi connectivity index (χ3v) is 3.95. The van der Waals surface area contributed by atoms with E-state index in [9.17, 15) is 9.59 Å². The summed E-state index contributed by atoms with van der Waals surface area (Å²) in [6.07, 6.45) is 1.85. The molecule has 120 valence electrons. The molecule has 7 heteroatoms. The summed E-state index contributed by atoms with van der Waals surface area (Å²) in [5.74, 6) is -0.405. The molecule has 0 aliphatic heterocycles. The number of nitrogens with zero attached hydrogens (tertiary/aromatic N) is 1. The fourth-order valence-electron chi connectivity index (χ4n) is 2.31. The minimum atomic E-state index is -1.01. The zero-order valence-electron chi connectivity index (χ0n) is 12.2. The fraction of sp³-hybridized carbons (Fsp3) is 0.312. The average molecular weight is 335 g/mol. The van der Waals surface area contributed by atoms with Crippen LogP contribution in [0.4, 0.5) is 0 Å². The summed E-state index contributed by atoms with van der Waals surface area (Å²) in [6.45, 7) is 0. The van der Waals surface area contributed by atoms with Crippen LogP contribution < -0.4 is 5.32 Å². The molecule has 0 spiro atoms. The smallest absolute Gasteiger partial charge is 0.305 e. The lowest BCUT2D eigenvalue weighted by molar-refractivity contribution is -0.137. The number of rotatable bonds is 6. The van der Waals surface area contributed by atoms with Crippen molar-refractivity contribution < 1.29 is 19.2 Å². The van der Waals surface area contributed by atoms with Crippen LogP contribution in [-0.2, 0) is 4.79 Å². The highest BCUT2D eigenvalue weighted by Gasteiger charge is 2.29. The van der Waals surface area contributed by atoms with E-state index in [1.807, 2.05) is 0 Å². The van der Waals surface area contributed by atoms with Gasteiger partial charge in [-0.1, -0.05) is 28.9 Å². The minimum absolute atomic E-state index is 0.163. The van der Waals surface area contributed by atoms with Gasteiger partial charge in [-0.25, -0.2) is 0 Å². The van der Waals surface area contributed by atoms with Crippen molar-refractivity contribution in [2.45, 2.75) is 31.2 Å². The Balaban J connectivity index is 1.74. The SMILES string of the molecule is O=C(O)C[C@H](NC(=O)c1cc(C2CC2)on1)c1ccc(Cl)cc1. The minimum Gasteiger partial charge on any atom is -0.481 e. The van der Waals surface area contributed by atoms with Gasteiger partial charge >= 0.3 is 5.97 Å². The van der Waals surface area contributed by atoms with Crippen molar-refractivity contribution in [3.05, 3.63) is 52.4 Å². The quantitative estimate of drug-likeness (QED) is 0.846. The molecule has 1 saturated carbocycles. The largest absolute Gasteiger partial charge is 0.481 e. The van der Waals surface area contributed by atoms with E-state index in [0.717, 1.165) is 12.8 Å². The first-order valence-corrected chi connectivity index (χ1v) is 7.65. The van der Waals surface area contributed by atoms with Crippen LogP contribution in [0, 0.1) is 0 Å². The van der Waals surface area contributed by atoms with Gasteiger partial charge in [0.15, 0.2) is 5.69 Å². The second-order valence-corrected chi connectivity index (χ2v) is 6.00. The van der Waals surface area contributed by atoms with Crippen molar-refractivity contribution in [3.8, 4) is 0 Å². The third kappa shape index (κ3) is 3.90. The lowest BCUT2D eigenvalue weighted by atomic mass is 10.0. The van der Waals surface area contributed by atoms with Crippen LogP contribution in [0.2, 0.25) is 5.02 Å². The number of nitrogens with one attached hydrogen (secondary N) is 1. The Hall–Kier alpha value is -2.34. The fourth-order valence-corrected chi connectivity index (χ4v) is 2.44. The summed E-state index contributed by atoms with van der Waals surface area (Å²) in [5, 5.41) is 16.0. The molecule has 1 heterocycles. The number of carbonyl (C=O) groups excluding carboxylic acids is 1. The summed E-state index contributed by atoms with van der Waals surface area (Å²) >= 11 is 5.84. The number of hydrogen-bond donors (Lipinski definition) is 2. The van der Waals surface area contributed by atoms with E-state index in [-0.39, 0.29) is 12.1 Å². The van der Waals surface area contributed by atoms with Crippen LogP contribution in [-0.4, -0.2) is 22.1 Å². The van der Waals surface area contributed by atoms with Gasteiger partial charge < -0.3 is 14.9 Å². The van der Waals surface area contributed by atoms with Crippen LogP contribution in [0.3, 0.4) is 0 Å². The molecule has 2 N–H and O–H groups in total. The van der Waals surface area contributed by atoms with E-state index < -0.39 is 17.9 Å². The van der Waals surface area contributed by atoms with Gasteiger partial charge in [-0.3, -0.25) is 9.59 Å². The number of carboxylic acid groups (broad SMARTS) is 1. The zero-order valence-corrected chi connectivity index (χ0v) is 12.9. The molecule has 1 aliphatic rings. The summed E-state index contributed by atoms with van der Waals surface area (Å²) in [5.41, 5.74) is 0.826. The van der Waals surface area contributed by atoms with Crippen molar-refractivity contribution in [3.63, 3.8) is 0 Å². The molecule has 0 bridgehead atoms. The second kappa shape index (κ2) is 6.42. The van der Waals surface area contributed by atoms with Crippen molar-refractivity contribution in [1.29, 1.82) is 0 Å². The molecule has 0 radical (unpaired) electrons. The normalized spacial score (nSPS) is 15.2. The predicted octanol–water partition coefficient (Wildman–Crippen LogP) is 3.15. The second-order valence-electron chi connectivity index (χ2n) is 5.56. The van der Waals surface area contributed by atoms with Crippen molar-refractivity contribution in [2.24, 2.45) is 0 Å². The van der Waals surface area contributed by atoms with Crippen LogP contribution in [0.25, 0.3) is 0 Å². The van der Waals surface area contributed by atoms with Gasteiger partial charge in [0.2, 0.25) is 0 Å². The number of halogens is 1. The molecule has 0 unspecified atom stereocenters. The van der Waals surface area contributed by atoms with Crippen LogP contribution in [0.5, 0.6) is 0 Å². The molecule has 1 aliphatic carbocycles. The Bertz CT molecular complexity index is 722. The average Bonchev–Trinajstić information content (AvgIpc) is 3.24. The Morgan fingerprint density at radius 3 is 2.65 bits per heavy atom. The lowest BCUT2D eigenvalue weighted by Crippen LogP contribution is -2.30. The molecule has 1 amide bonds. The molecule has 1 fully saturated rings. The summed E-state index contributed by atoms with van der Waals surface area (Å²) in [7, 11) is 0. The van der Waals surface area contributed by atoms with Crippen LogP contribution >= 0.6 is 11.6 Å². The van der Waals surface area contributed by atoms with Gasteiger partial charge in [0, 0.05) is 17.0 Å². The lowest BCUT2D eigenvalue weighted by Gasteiger charge is -2.16. The monoisotopic (exact) mass is 334 g/mol. The highest BCUT2D eigenvalue weighted by Crippen LogP contribution is 2.40. The molecule has 2 aromatic rings. The standard InChI is InChI=1S/C16H15ClN2O4/c17-11-5-3-9(4-6-11)12(8-15(20)21)18-16(22)13-7-14(23-19-13)10-1-2-10/h3-7,10,12H,1-2,8H2,(H,18,22)(H,20,21)/t12-/m0/s1. The number of hydrogen-bond acceptors (Lipinski definition) is 4. The van der Waals surface area contributed by atoms with Gasteiger partial charge in [-0.15, -0.1) is 0 Å². The summed E-state index contributed by atoms with van der Waals surface area (Å²) in [4.78, 5) is 23.3. The van der Waals surface area contributed by atoms with E-state index in [4.69, 9.17) is 21.2 Å². The maximum Gasteiger partial charge on any atom is 0.305 e. The van der Waals surface area contributed by atoms with Gasteiger partial charge in [-0.2, -0.15) is 0 Å². The van der Waals surface area contributed by atoms with Crippen molar-refractivity contribution in [1.82, 2.24) is 10.5 Å². The topological polar surface area (TPSA) is 92.4 Å². The summed E-state index contributed by atoms with van der Waals surface area (Å²) in [6, 6.07) is 7.63. The molecule has 3 rings (SSSR count). The molecular weight excluding hydrogens is 320 g/mol. The van der Waals surface area contributed by atoms with Crippen LogP contribution in [0.1, 0.15) is 53.0 Å². The van der Waals surface area contributed by atoms with E-state index in [1.165, 1.54) is 0 Å². The molecule has 6 nitrogen and oxygen atoms in total. The van der Waals surface area contributed by atoms with Gasteiger partial charge in [0.1, 0.15) is 5.76 Å². The molecular formula is C16H15ClN2O4. The first-order chi connectivity index (χ1) is 11.0. The Labute approximate surface area is 137 Å². The highest BCUT2D eigenvalue weighted by molar-refractivity contribution is 6.30. The van der Waals surface area contributed by atoms with E-state index >= 15 is 0 Å². The Kier molecular flexibility index (Phi) is 4.34. The zero-order chi connectivity index (χ0) is 16.4. The highest BCUT2D eigenvalue weighted by atomic mass is 35.5. The van der Waals surface area contributed by atoms with Gasteiger partial charge in [0.25, 0.3) is 5.91 Å². The first kappa shape index (κ1) is 15.6. The third-order valence-electron chi connectivity index (χ3n) is 3.70. The predicted molar refractivity (Wildman–Crippen MR) is 82.4 cm³/mol. The van der Waals surface area contributed by atoms with E-state index in [1.54, 1.807) is 30.3 Å². The van der Waals surface area contributed by atoms with E-state index in [0.29, 0.717) is 22.3 Å². The van der Waals surface area contributed by atoms with Crippen molar-refractivity contribution >= 4 is 23.5 Å². The number of amides is 1. The number of aliphatic carboxylic acids is 1. The number of benzene rings is 1. The van der Waals surface area contributed by atoms with Gasteiger partial charge in [-0.05, 0) is 30.5 Å². The van der Waals surface area contributed by atoms with Gasteiger partial charge in [0.05, 0.1) is 12.5 Å². The molecule has 23 heavy (non-hydrogen) atoms. The maximum atomic E-state index is 12.3. The van der Waals surface area contributed by atoms with Crippen molar-refractivity contribution in [2.75, 3.05) is 0 Å². The summed E-state index contributed by atoms with van der Waals surface area (Å²) < 4.78 is 5.15. The van der Waals surface area contributed by atoms with E-state index in [2.05, 4.69) is 10.5 Å². The number of aromatic nitrogens is 1. The number of carboxylic acids is 1. The Morgan fingerprint density at radius 2 is 2.04 bits per heavy atom.